The molecule has 30 heavy (non-hydrogen) atoms. The van der Waals surface area contributed by atoms with E-state index in [9.17, 15) is 5.11 Å². The summed E-state index contributed by atoms with van der Waals surface area (Å²) in [5.74, 6) is 0. The Labute approximate surface area is 180 Å². The standard InChI is InChI=1S/C27H34N2O/c1-19-12-20(9-10-27(2,3)4)14-22(13-19)21-7-8-26-23(15-21)16-24(28-26)17-29-11-5-6-25(29)18-30/h7-10,12-16,25,28,30H,5-6,11,17-18H2,1-4H3/b10-9+/t25-/m1/s1. The minimum absolute atomic E-state index is 0.175. The fraction of sp³-hybridized carbons (Fsp3) is 0.407. The zero-order valence-electron chi connectivity index (χ0n) is 18.7. The van der Waals surface area contributed by atoms with Crippen LogP contribution in [-0.4, -0.2) is 34.2 Å². The number of allylic oxidation sites excluding steroid dienone is 1. The highest BCUT2D eigenvalue weighted by Gasteiger charge is 2.24. The van der Waals surface area contributed by atoms with Gasteiger partial charge in [-0.15, -0.1) is 0 Å². The molecule has 0 saturated carbocycles. The van der Waals surface area contributed by atoms with Crippen molar-refractivity contribution in [3.8, 4) is 11.1 Å². The Morgan fingerprint density at radius 2 is 1.93 bits per heavy atom. The van der Waals surface area contributed by atoms with Gasteiger partial charge in [-0.05, 0) is 78.2 Å². The second-order valence-electron chi connectivity index (χ2n) is 9.88. The number of hydrogen-bond donors (Lipinski definition) is 2. The van der Waals surface area contributed by atoms with Crippen LogP contribution in [0.1, 0.15) is 50.4 Å². The van der Waals surface area contributed by atoms with E-state index in [1.165, 1.54) is 45.3 Å². The molecule has 0 radical (unpaired) electrons. The highest BCUT2D eigenvalue weighted by Crippen LogP contribution is 2.29. The summed E-state index contributed by atoms with van der Waals surface area (Å²) in [6, 6.07) is 16.0. The van der Waals surface area contributed by atoms with Crippen LogP contribution in [0, 0.1) is 12.3 Å². The molecule has 1 atom stereocenters. The Bertz CT molecular complexity index is 1050. The molecule has 0 unspecified atom stereocenters. The summed E-state index contributed by atoms with van der Waals surface area (Å²) in [6.45, 7) is 11.0. The average molecular weight is 403 g/mol. The molecule has 0 aliphatic carbocycles. The van der Waals surface area contributed by atoms with E-state index in [0.29, 0.717) is 6.04 Å². The van der Waals surface area contributed by atoms with Crippen LogP contribution in [0.15, 0.2) is 48.5 Å². The Morgan fingerprint density at radius 1 is 1.10 bits per heavy atom. The molecule has 1 saturated heterocycles. The predicted molar refractivity (Wildman–Crippen MR) is 127 cm³/mol. The molecule has 2 aromatic carbocycles. The van der Waals surface area contributed by atoms with Gasteiger partial charge in [0.05, 0.1) is 6.61 Å². The van der Waals surface area contributed by atoms with Gasteiger partial charge in [-0.1, -0.05) is 51.1 Å². The largest absolute Gasteiger partial charge is 0.395 e. The molecule has 158 valence electrons. The lowest BCUT2D eigenvalue weighted by Gasteiger charge is -2.21. The number of fused-ring (bicyclic) bond motifs is 1. The first-order chi connectivity index (χ1) is 14.3. The highest BCUT2D eigenvalue weighted by molar-refractivity contribution is 5.86. The first-order valence-electron chi connectivity index (χ1n) is 11.1. The van der Waals surface area contributed by atoms with Gasteiger partial charge in [0.15, 0.2) is 0 Å². The van der Waals surface area contributed by atoms with Crippen LogP contribution >= 0.6 is 0 Å². The van der Waals surface area contributed by atoms with Crippen molar-refractivity contribution in [2.45, 2.75) is 53.1 Å². The number of aliphatic hydroxyl groups is 1. The van der Waals surface area contributed by atoms with Gasteiger partial charge in [-0.3, -0.25) is 4.90 Å². The Balaban J connectivity index is 1.61. The van der Waals surface area contributed by atoms with Crippen molar-refractivity contribution in [1.82, 2.24) is 9.88 Å². The topological polar surface area (TPSA) is 39.3 Å². The van der Waals surface area contributed by atoms with E-state index in [1.807, 2.05) is 0 Å². The zero-order valence-corrected chi connectivity index (χ0v) is 18.7. The second kappa shape index (κ2) is 8.41. The molecule has 3 nitrogen and oxygen atoms in total. The molecule has 3 aromatic rings. The fourth-order valence-corrected chi connectivity index (χ4v) is 4.41. The Kier molecular flexibility index (Phi) is 5.86. The summed E-state index contributed by atoms with van der Waals surface area (Å²) < 4.78 is 0. The highest BCUT2D eigenvalue weighted by atomic mass is 16.3. The molecule has 0 amide bonds. The van der Waals surface area contributed by atoms with E-state index in [1.54, 1.807) is 0 Å². The molecule has 1 aliphatic heterocycles. The van der Waals surface area contributed by atoms with Crippen molar-refractivity contribution in [2.75, 3.05) is 13.2 Å². The quantitative estimate of drug-likeness (QED) is 0.536. The lowest BCUT2D eigenvalue weighted by atomic mass is 9.94. The number of benzene rings is 2. The van der Waals surface area contributed by atoms with E-state index in [0.717, 1.165) is 19.5 Å². The van der Waals surface area contributed by atoms with Crippen LogP contribution in [0.2, 0.25) is 0 Å². The van der Waals surface area contributed by atoms with Crippen molar-refractivity contribution in [3.05, 3.63) is 65.4 Å². The number of aromatic nitrogens is 1. The number of hydrogen-bond acceptors (Lipinski definition) is 2. The third kappa shape index (κ3) is 4.85. The predicted octanol–water partition coefficient (Wildman–Crippen LogP) is 6.16. The van der Waals surface area contributed by atoms with Crippen molar-refractivity contribution >= 4 is 17.0 Å². The molecule has 3 heteroatoms. The lowest BCUT2D eigenvalue weighted by Crippen LogP contribution is -2.31. The van der Waals surface area contributed by atoms with Crippen LogP contribution in [0.4, 0.5) is 0 Å². The maximum Gasteiger partial charge on any atom is 0.0587 e. The molecule has 4 rings (SSSR count). The van der Waals surface area contributed by atoms with E-state index < -0.39 is 0 Å². The van der Waals surface area contributed by atoms with Gasteiger partial charge in [0.2, 0.25) is 0 Å². The van der Waals surface area contributed by atoms with Gasteiger partial charge in [0.25, 0.3) is 0 Å². The van der Waals surface area contributed by atoms with Crippen molar-refractivity contribution in [2.24, 2.45) is 5.41 Å². The summed E-state index contributed by atoms with van der Waals surface area (Å²) >= 11 is 0. The number of H-pyrrole nitrogens is 1. The summed E-state index contributed by atoms with van der Waals surface area (Å²) in [5.41, 5.74) is 7.60. The molecule has 1 aromatic heterocycles. The zero-order chi connectivity index (χ0) is 21.3. The molecule has 1 fully saturated rings. The monoisotopic (exact) mass is 402 g/mol. The first kappa shape index (κ1) is 20.9. The van der Waals surface area contributed by atoms with Gasteiger partial charge in [0, 0.05) is 29.2 Å². The van der Waals surface area contributed by atoms with E-state index in [2.05, 4.69) is 92.2 Å². The number of nitrogens with zero attached hydrogens (tertiary/aromatic N) is 1. The molecular formula is C27H34N2O. The van der Waals surface area contributed by atoms with E-state index in [4.69, 9.17) is 0 Å². The van der Waals surface area contributed by atoms with Gasteiger partial charge < -0.3 is 10.1 Å². The fourth-order valence-electron chi connectivity index (χ4n) is 4.41. The maximum atomic E-state index is 9.59. The van der Waals surface area contributed by atoms with Crippen molar-refractivity contribution in [3.63, 3.8) is 0 Å². The minimum Gasteiger partial charge on any atom is -0.395 e. The third-order valence-electron chi connectivity index (χ3n) is 5.97. The number of rotatable bonds is 5. The number of nitrogens with one attached hydrogen (secondary N) is 1. The van der Waals surface area contributed by atoms with Crippen molar-refractivity contribution < 1.29 is 5.11 Å². The molecule has 0 spiro atoms. The molecule has 1 aliphatic rings. The molecule has 0 bridgehead atoms. The summed E-state index contributed by atoms with van der Waals surface area (Å²) in [7, 11) is 0. The minimum atomic E-state index is 0.175. The second-order valence-corrected chi connectivity index (χ2v) is 9.88. The van der Waals surface area contributed by atoms with Crippen LogP contribution in [0.3, 0.4) is 0 Å². The lowest BCUT2D eigenvalue weighted by molar-refractivity contribution is 0.152. The number of likely N-dealkylation sites (tertiary alicyclic amines) is 1. The van der Waals surface area contributed by atoms with Crippen LogP contribution in [-0.2, 0) is 6.54 Å². The number of aliphatic hydroxyl groups excluding tert-OH is 1. The maximum absolute atomic E-state index is 9.59. The number of aromatic amines is 1. The SMILES string of the molecule is Cc1cc(/C=C/C(C)(C)C)cc(-c2ccc3[nH]c(CN4CCC[C@@H]4CO)cc3c2)c1. The molecule has 2 N–H and O–H groups in total. The van der Waals surface area contributed by atoms with Gasteiger partial charge >= 0.3 is 0 Å². The normalized spacial score (nSPS) is 18.1. The number of aryl methyl sites for hydroxylation is 1. The summed E-state index contributed by atoms with van der Waals surface area (Å²) in [4.78, 5) is 5.96. The molecular weight excluding hydrogens is 368 g/mol. The Morgan fingerprint density at radius 3 is 2.70 bits per heavy atom. The van der Waals surface area contributed by atoms with Gasteiger partial charge in [-0.25, -0.2) is 0 Å². The van der Waals surface area contributed by atoms with Crippen LogP contribution in [0.5, 0.6) is 0 Å². The Hall–Kier alpha value is -2.36. The third-order valence-corrected chi connectivity index (χ3v) is 5.97. The smallest absolute Gasteiger partial charge is 0.0587 e. The van der Waals surface area contributed by atoms with Gasteiger partial charge in [0.1, 0.15) is 0 Å². The van der Waals surface area contributed by atoms with E-state index in [-0.39, 0.29) is 12.0 Å². The van der Waals surface area contributed by atoms with Crippen LogP contribution < -0.4 is 0 Å². The van der Waals surface area contributed by atoms with E-state index >= 15 is 0 Å². The summed E-state index contributed by atoms with van der Waals surface area (Å²) in [5, 5.41) is 10.8. The summed E-state index contributed by atoms with van der Waals surface area (Å²) in [6.07, 6.45) is 6.78. The van der Waals surface area contributed by atoms with Crippen LogP contribution in [0.25, 0.3) is 28.1 Å². The first-order valence-corrected chi connectivity index (χ1v) is 11.1. The van der Waals surface area contributed by atoms with Crippen molar-refractivity contribution in [1.29, 1.82) is 0 Å². The molecule has 2 heterocycles. The average Bonchev–Trinajstić information content (AvgIpc) is 3.30. The van der Waals surface area contributed by atoms with Gasteiger partial charge in [-0.2, -0.15) is 0 Å².